The van der Waals surface area contributed by atoms with Crippen molar-refractivity contribution in [3.8, 4) is 17.1 Å². The summed E-state index contributed by atoms with van der Waals surface area (Å²) >= 11 is 17.6. The molecule has 0 saturated heterocycles. The Labute approximate surface area is 159 Å². The zero-order valence-corrected chi connectivity index (χ0v) is 15.6. The van der Waals surface area contributed by atoms with E-state index in [9.17, 15) is 0 Å². The van der Waals surface area contributed by atoms with Gasteiger partial charge in [-0.05, 0) is 55.5 Å². The van der Waals surface area contributed by atoms with Crippen LogP contribution in [0.2, 0.25) is 10.0 Å². The number of nitrogens with one attached hydrogen (secondary N) is 1. The second kappa shape index (κ2) is 7.82. The van der Waals surface area contributed by atoms with Crippen LogP contribution in [0.1, 0.15) is 12.5 Å². The summed E-state index contributed by atoms with van der Waals surface area (Å²) in [7, 11) is 0. The minimum Gasteiger partial charge on any atom is -0.494 e. The van der Waals surface area contributed by atoms with Crippen molar-refractivity contribution in [3.63, 3.8) is 0 Å². The van der Waals surface area contributed by atoms with E-state index in [1.54, 1.807) is 24.4 Å². The van der Waals surface area contributed by atoms with Gasteiger partial charge in [0.2, 0.25) is 4.77 Å². The van der Waals surface area contributed by atoms with Gasteiger partial charge in [-0.15, -0.1) is 0 Å². The van der Waals surface area contributed by atoms with Gasteiger partial charge in [0, 0.05) is 11.1 Å². The Bertz CT molecular complexity index is 943. The predicted octanol–water partition coefficient (Wildman–Crippen LogP) is 5.20. The number of nitrogens with zero attached hydrogens (tertiary/aromatic N) is 3. The predicted molar refractivity (Wildman–Crippen MR) is 103 cm³/mol. The molecule has 1 heterocycles. The molecule has 0 saturated carbocycles. The van der Waals surface area contributed by atoms with E-state index in [0.29, 0.717) is 32.8 Å². The molecule has 0 amide bonds. The number of aromatic amines is 1. The van der Waals surface area contributed by atoms with Gasteiger partial charge < -0.3 is 4.74 Å². The Kier molecular flexibility index (Phi) is 5.53. The van der Waals surface area contributed by atoms with Gasteiger partial charge in [-0.1, -0.05) is 29.3 Å². The molecule has 0 radical (unpaired) electrons. The molecule has 0 aliphatic carbocycles. The highest BCUT2D eigenvalue weighted by Gasteiger charge is 2.09. The summed E-state index contributed by atoms with van der Waals surface area (Å²) in [6.07, 6.45) is 1.56. The van der Waals surface area contributed by atoms with Gasteiger partial charge in [0.05, 0.1) is 22.9 Å². The molecule has 0 aliphatic rings. The van der Waals surface area contributed by atoms with Gasteiger partial charge >= 0.3 is 0 Å². The lowest BCUT2D eigenvalue weighted by Gasteiger charge is -2.05. The number of ether oxygens (including phenoxy) is 1. The summed E-state index contributed by atoms with van der Waals surface area (Å²) < 4.78 is 7.33. The quantitative estimate of drug-likeness (QED) is 0.479. The van der Waals surface area contributed by atoms with Crippen molar-refractivity contribution in [2.24, 2.45) is 5.10 Å². The maximum Gasteiger partial charge on any atom is 0.216 e. The van der Waals surface area contributed by atoms with Crippen LogP contribution in [0.15, 0.2) is 47.6 Å². The molecule has 0 spiro atoms. The molecule has 0 bridgehead atoms. The molecule has 0 fully saturated rings. The van der Waals surface area contributed by atoms with Crippen molar-refractivity contribution >= 4 is 41.6 Å². The number of rotatable bonds is 5. The third kappa shape index (κ3) is 3.92. The van der Waals surface area contributed by atoms with Crippen molar-refractivity contribution < 1.29 is 4.74 Å². The highest BCUT2D eigenvalue weighted by molar-refractivity contribution is 7.71. The molecule has 1 N–H and O–H groups in total. The second-order valence-corrected chi connectivity index (χ2v) is 6.20. The SMILES string of the molecule is CCOc1ccc(-c2n[nH]c(=S)n2/N=C/c2c(Cl)cccc2Cl)cc1. The highest BCUT2D eigenvalue weighted by Crippen LogP contribution is 2.24. The lowest BCUT2D eigenvalue weighted by molar-refractivity contribution is 0.340. The Morgan fingerprint density at radius 1 is 1.20 bits per heavy atom. The monoisotopic (exact) mass is 392 g/mol. The van der Waals surface area contributed by atoms with E-state index in [1.165, 1.54) is 4.68 Å². The minimum atomic E-state index is 0.364. The molecule has 8 heteroatoms. The number of halogens is 2. The van der Waals surface area contributed by atoms with Crippen LogP contribution in [0.4, 0.5) is 0 Å². The molecule has 2 aromatic carbocycles. The fraction of sp³-hybridized carbons (Fsp3) is 0.118. The van der Waals surface area contributed by atoms with E-state index in [2.05, 4.69) is 15.3 Å². The van der Waals surface area contributed by atoms with Crippen molar-refractivity contribution in [3.05, 3.63) is 62.8 Å². The summed E-state index contributed by atoms with van der Waals surface area (Å²) in [5, 5.41) is 12.4. The molecule has 0 atom stereocenters. The lowest BCUT2D eigenvalue weighted by atomic mass is 10.2. The Hall–Kier alpha value is -2.15. The molecule has 5 nitrogen and oxygen atoms in total. The number of hydrogen-bond donors (Lipinski definition) is 1. The summed E-state index contributed by atoms with van der Waals surface area (Å²) in [6.45, 7) is 2.55. The van der Waals surface area contributed by atoms with Crippen LogP contribution >= 0.6 is 35.4 Å². The average molecular weight is 393 g/mol. The molecule has 0 unspecified atom stereocenters. The first-order chi connectivity index (χ1) is 12.1. The minimum absolute atomic E-state index is 0.364. The molecule has 3 aromatic rings. The van der Waals surface area contributed by atoms with Crippen molar-refractivity contribution in [2.45, 2.75) is 6.92 Å². The summed E-state index contributed by atoms with van der Waals surface area (Å²) in [5.74, 6) is 1.37. The second-order valence-electron chi connectivity index (χ2n) is 5.00. The topological polar surface area (TPSA) is 55.2 Å². The van der Waals surface area contributed by atoms with E-state index in [4.69, 9.17) is 40.2 Å². The van der Waals surface area contributed by atoms with Crippen LogP contribution in [-0.4, -0.2) is 27.7 Å². The van der Waals surface area contributed by atoms with Crippen LogP contribution in [0.3, 0.4) is 0 Å². The van der Waals surface area contributed by atoms with Crippen LogP contribution in [0.5, 0.6) is 5.75 Å². The van der Waals surface area contributed by atoms with Crippen molar-refractivity contribution in [1.82, 2.24) is 14.9 Å². The third-order valence-electron chi connectivity index (χ3n) is 3.38. The highest BCUT2D eigenvalue weighted by atomic mass is 35.5. The lowest BCUT2D eigenvalue weighted by Crippen LogP contribution is -1.96. The van der Waals surface area contributed by atoms with Crippen LogP contribution in [0.25, 0.3) is 11.4 Å². The van der Waals surface area contributed by atoms with Gasteiger partial charge in [0.1, 0.15) is 5.75 Å². The van der Waals surface area contributed by atoms with E-state index in [-0.39, 0.29) is 0 Å². The first kappa shape index (κ1) is 17.7. The Morgan fingerprint density at radius 3 is 2.52 bits per heavy atom. The maximum absolute atomic E-state index is 6.17. The first-order valence-corrected chi connectivity index (χ1v) is 8.65. The van der Waals surface area contributed by atoms with Gasteiger partial charge in [-0.2, -0.15) is 14.9 Å². The number of hydrogen-bond acceptors (Lipinski definition) is 4. The molecule has 25 heavy (non-hydrogen) atoms. The normalized spacial score (nSPS) is 11.2. The third-order valence-corrected chi connectivity index (χ3v) is 4.30. The summed E-state index contributed by atoms with van der Waals surface area (Å²) in [5.41, 5.74) is 1.46. The van der Waals surface area contributed by atoms with E-state index in [1.807, 2.05) is 31.2 Å². The van der Waals surface area contributed by atoms with E-state index in [0.717, 1.165) is 11.3 Å². The van der Waals surface area contributed by atoms with Crippen LogP contribution < -0.4 is 4.74 Å². The summed E-state index contributed by atoms with van der Waals surface area (Å²) in [6, 6.07) is 12.8. The van der Waals surface area contributed by atoms with Crippen LogP contribution in [0, 0.1) is 4.77 Å². The molecule has 3 rings (SSSR count). The van der Waals surface area contributed by atoms with E-state index < -0.39 is 0 Å². The van der Waals surface area contributed by atoms with Crippen molar-refractivity contribution in [1.29, 1.82) is 0 Å². The molecule has 1 aromatic heterocycles. The molecule has 0 aliphatic heterocycles. The number of H-pyrrole nitrogens is 1. The Balaban J connectivity index is 1.97. The fourth-order valence-electron chi connectivity index (χ4n) is 2.20. The standard InChI is InChI=1S/C17H14Cl2N4OS/c1-2-24-12-8-6-11(7-9-12)16-21-22-17(25)23(16)20-10-13-14(18)4-3-5-15(13)19/h3-10H,2H2,1H3,(H,22,25)/b20-10+. The largest absolute Gasteiger partial charge is 0.494 e. The fourth-order valence-corrected chi connectivity index (χ4v) is 2.88. The molecular formula is C17H14Cl2N4OS. The van der Waals surface area contributed by atoms with Gasteiger partial charge in [-0.3, -0.25) is 0 Å². The number of aromatic nitrogens is 3. The van der Waals surface area contributed by atoms with Gasteiger partial charge in [0.25, 0.3) is 0 Å². The van der Waals surface area contributed by atoms with Gasteiger partial charge in [-0.25, -0.2) is 5.10 Å². The van der Waals surface area contributed by atoms with E-state index >= 15 is 0 Å². The average Bonchev–Trinajstić information content (AvgIpc) is 2.96. The number of benzene rings is 2. The Morgan fingerprint density at radius 2 is 1.88 bits per heavy atom. The summed E-state index contributed by atoms with van der Waals surface area (Å²) in [4.78, 5) is 0. The zero-order valence-electron chi connectivity index (χ0n) is 13.2. The van der Waals surface area contributed by atoms with Crippen molar-refractivity contribution in [2.75, 3.05) is 6.61 Å². The van der Waals surface area contributed by atoms with Gasteiger partial charge in [0.15, 0.2) is 5.82 Å². The molecular weight excluding hydrogens is 379 g/mol. The first-order valence-electron chi connectivity index (χ1n) is 7.49. The smallest absolute Gasteiger partial charge is 0.216 e. The zero-order chi connectivity index (χ0) is 17.8. The maximum atomic E-state index is 6.17. The van der Waals surface area contributed by atoms with Crippen LogP contribution in [-0.2, 0) is 0 Å². The molecule has 128 valence electrons.